The number of anilines is 2. The fourth-order valence-electron chi connectivity index (χ4n) is 1.65. The average Bonchev–Trinajstić information content (AvgIpc) is 2.24. The van der Waals surface area contributed by atoms with Crippen molar-refractivity contribution in [2.24, 2.45) is 16.8 Å². The molecule has 0 bridgehead atoms. The van der Waals surface area contributed by atoms with Crippen molar-refractivity contribution < 1.29 is 13.2 Å². The fraction of sp³-hybridized carbons (Fsp3) is 0.364. The zero-order valence-corrected chi connectivity index (χ0v) is 11.6. The summed E-state index contributed by atoms with van der Waals surface area (Å²) in [5.41, 5.74) is 11.3. The van der Waals surface area contributed by atoms with E-state index in [9.17, 15) is 13.2 Å². The molecule has 0 radical (unpaired) electrons. The predicted octanol–water partition coefficient (Wildman–Crippen LogP) is -0.162. The molecule has 1 aromatic carbocycles. The molecular weight excluding hydrogens is 268 g/mol. The molecule has 1 atom stereocenters. The number of primary sulfonamides is 1. The SMILES string of the molecule is CC(C)C(Nc1cccc(S(N)(=O)=O)c1N)C(N)=O. The number of primary amides is 1. The van der Waals surface area contributed by atoms with Gasteiger partial charge in [0.2, 0.25) is 15.9 Å². The highest BCUT2D eigenvalue weighted by atomic mass is 32.2. The minimum Gasteiger partial charge on any atom is -0.396 e. The Kier molecular flexibility index (Phi) is 4.38. The Balaban J connectivity index is 3.20. The first kappa shape index (κ1) is 15.3. The summed E-state index contributed by atoms with van der Waals surface area (Å²) >= 11 is 0. The molecule has 1 rings (SSSR count). The van der Waals surface area contributed by atoms with Gasteiger partial charge in [-0.15, -0.1) is 0 Å². The number of hydrogen-bond acceptors (Lipinski definition) is 5. The molecule has 0 aliphatic rings. The number of carbonyl (C=O) groups excluding carboxylic acids is 1. The Morgan fingerprint density at radius 1 is 1.32 bits per heavy atom. The van der Waals surface area contributed by atoms with Gasteiger partial charge in [0.15, 0.2) is 0 Å². The van der Waals surface area contributed by atoms with E-state index in [1.807, 2.05) is 13.8 Å². The number of carbonyl (C=O) groups is 1. The van der Waals surface area contributed by atoms with Gasteiger partial charge in [0.05, 0.1) is 11.4 Å². The summed E-state index contributed by atoms with van der Waals surface area (Å²) < 4.78 is 22.7. The number of sulfonamides is 1. The van der Waals surface area contributed by atoms with Crippen molar-refractivity contribution in [2.75, 3.05) is 11.1 Å². The van der Waals surface area contributed by atoms with Gasteiger partial charge in [0, 0.05) is 0 Å². The van der Waals surface area contributed by atoms with Gasteiger partial charge < -0.3 is 16.8 Å². The molecule has 8 heteroatoms. The highest BCUT2D eigenvalue weighted by molar-refractivity contribution is 7.89. The molecule has 1 amide bonds. The third-order valence-corrected chi connectivity index (χ3v) is 3.63. The number of hydrogen-bond donors (Lipinski definition) is 4. The molecule has 0 heterocycles. The lowest BCUT2D eigenvalue weighted by Crippen LogP contribution is -2.39. The molecule has 0 aliphatic heterocycles. The second-order valence-electron chi connectivity index (χ2n) is 4.53. The van der Waals surface area contributed by atoms with Gasteiger partial charge in [0.1, 0.15) is 10.9 Å². The van der Waals surface area contributed by atoms with Gasteiger partial charge in [-0.05, 0) is 18.1 Å². The number of nitrogen functional groups attached to an aromatic ring is 1. The molecule has 0 fully saturated rings. The molecule has 1 unspecified atom stereocenters. The van der Waals surface area contributed by atoms with Gasteiger partial charge in [-0.2, -0.15) is 0 Å². The van der Waals surface area contributed by atoms with E-state index in [0.29, 0.717) is 5.69 Å². The van der Waals surface area contributed by atoms with Crippen LogP contribution in [0.4, 0.5) is 11.4 Å². The number of benzene rings is 1. The maximum atomic E-state index is 11.3. The molecule has 0 aliphatic carbocycles. The Labute approximate surface area is 112 Å². The van der Waals surface area contributed by atoms with E-state index in [4.69, 9.17) is 16.6 Å². The van der Waals surface area contributed by atoms with Crippen LogP contribution in [0.1, 0.15) is 13.8 Å². The van der Waals surface area contributed by atoms with Crippen molar-refractivity contribution >= 4 is 27.3 Å². The summed E-state index contributed by atoms with van der Waals surface area (Å²) in [7, 11) is -3.91. The lowest BCUT2D eigenvalue weighted by atomic mass is 10.0. The molecule has 19 heavy (non-hydrogen) atoms. The Morgan fingerprint density at radius 3 is 2.32 bits per heavy atom. The van der Waals surface area contributed by atoms with Crippen LogP contribution in [0, 0.1) is 5.92 Å². The van der Waals surface area contributed by atoms with Crippen LogP contribution < -0.4 is 21.9 Å². The van der Waals surface area contributed by atoms with Crippen LogP contribution in [0.15, 0.2) is 23.1 Å². The maximum absolute atomic E-state index is 11.3. The minimum absolute atomic E-state index is 0.0306. The quantitative estimate of drug-likeness (QED) is 0.556. The van der Waals surface area contributed by atoms with Crippen LogP contribution in [-0.4, -0.2) is 20.4 Å². The molecule has 0 saturated carbocycles. The molecule has 1 aromatic rings. The number of nitrogens with two attached hydrogens (primary N) is 3. The zero-order valence-electron chi connectivity index (χ0n) is 10.8. The second kappa shape index (κ2) is 5.45. The zero-order chi connectivity index (χ0) is 14.8. The number of nitrogens with one attached hydrogen (secondary N) is 1. The van der Waals surface area contributed by atoms with Crippen LogP contribution in [0.25, 0.3) is 0 Å². The minimum atomic E-state index is -3.91. The summed E-state index contributed by atoms with van der Waals surface area (Å²) in [5.74, 6) is -0.620. The van der Waals surface area contributed by atoms with Gasteiger partial charge in [-0.25, -0.2) is 13.6 Å². The summed E-state index contributed by atoms with van der Waals surface area (Å²) in [4.78, 5) is 11.1. The summed E-state index contributed by atoms with van der Waals surface area (Å²) in [6.07, 6.45) is 0. The van der Waals surface area contributed by atoms with Crippen molar-refractivity contribution in [1.29, 1.82) is 0 Å². The molecule has 106 valence electrons. The molecule has 7 nitrogen and oxygen atoms in total. The van der Waals surface area contributed by atoms with Gasteiger partial charge in [0.25, 0.3) is 0 Å². The second-order valence-corrected chi connectivity index (χ2v) is 6.06. The topological polar surface area (TPSA) is 141 Å². The lowest BCUT2D eigenvalue weighted by molar-refractivity contribution is -0.119. The van der Waals surface area contributed by atoms with Crippen LogP contribution >= 0.6 is 0 Å². The van der Waals surface area contributed by atoms with Crippen LogP contribution in [0.2, 0.25) is 0 Å². The third-order valence-electron chi connectivity index (χ3n) is 2.66. The lowest BCUT2D eigenvalue weighted by Gasteiger charge is -2.21. The number of rotatable bonds is 5. The summed E-state index contributed by atoms with van der Waals surface area (Å²) in [6.45, 7) is 3.62. The van der Waals surface area contributed by atoms with E-state index in [1.54, 1.807) is 6.07 Å². The standard InChI is InChI=1S/C11H18N4O3S/c1-6(2)10(11(13)16)15-7-4-3-5-8(9(7)12)19(14,17)18/h3-6,10,15H,12H2,1-2H3,(H2,13,16)(H2,14,17,18). The fourth-order valence-corrected chi connectivity index (χ4v) is 2.34. The van der Waals surface area contributed by atoms with Crippen LogP contribution in [0.5, 0.6) is 0 Å². The molecule has 0 aromatic heterocycles. The van der Waals surface area contributed by atoms with Crippen molar-refractivity contribution in [1.82, 2.24) is 0 Å². The van der Waals surface area contributed by atoms with E-state index < -0.39 is 22.0 Å². The smallest absolute Gasteiger partial charge is 0.240 e. The average molecular weight is 286 g/mol. The van der Waals surface area contributed by atoms with Gasteiger partial charge in [-0.1, -0.05) is 19.9 Å². The van der Waals surface area contributed by atoms with Crippen molar-refractivity contribution in [3.63, 3.8) is 0 Å². The molecule has 0 saturated heterocycles. The molecular formula is C11H18N4O3S. The largest absolute Gasteiger partial charge is 0.396 e. The van der Waals surface area contributed by atoms with E-state index in [-0.39, 0.29) is 16.5 Å². The van der Waals surface area contributed by atoms with Gasteiger partial charge >= 0.3 is 0 Å². The summed E-state index contributed by atoms with van der Waals surface area (Å²) in [5, 5.41) is 7.89. The number of amides is 1. The first-order valence-corrected chi connectivity index (χ1v) is 7.16. The van der Waals surface area contributed by atoms with Crippen LogP contribution in [0.3, 0.4) is 0 Å². The summed E-state index contributed by atoms with van der Waals surface area (Å²) in [6, 6.07) is 3.68. The Morgan fingerprint density at radius 2 is 1.89 bits per heavy atom. The van der Waals surface area contributed by atoms with Gasteiger partial charge in [-0.3, -0.25) is 4.79 Å². The highest BCUT2D eigenvalue weighted by Gasteiger charge is 2.22. The van der Waals surface area contributed by atoms with Crippen molar-refractivity contribution in [3.05, 3.63) is 18.2 Å². The first-order chi connectivity index (χ1) is 8.64. The van der Waals surface area contributed by atoms with E-state index in [0.717, 1.165) is 0 Å². The highest BCUT2D eigenvalue weighted by Crippen LogP contribution is 2.27. The van der Waals surface area contributed by atoms with E-state index in [2.05, 4.69) is 5.32 Å². The Hall–Kier alpha value is -1.80. The Bertz CT molecular complexity index is 584. The predicted molar refractivity (Wildman–Crippen MR) is 73.7 cm³/mol. The van der Waals surface area contributed by atoms with E-state index >= 15 is 0 Å². The van der Waals surface area contributed by atoms with Crippen molar-refractivity contribution in [3.8, 4) is 0 Å². The monoisotopic (exact) mass is 286 g/mol. The van der Waals surface area contributed by atoms with Crippen molar-refractivity contribution in [2.45, 2.75) is 24.8 Å². The van der Waals surface area contributed by atoms with E-state index in [1.165, 1.54) is 12.1 Å². The first-order valence-electron chi connectivity index (χ1n) is 5.61. The number of para-hydroxylation sites is 1. The third kappa shape index (κ3) is 3.58. The molecule has 7 N–H and O–H groups in total. The van der Waals surface area contributed by atoms with Crippen LogP contribution in [-0.2, 0) is 14.8 Å². The normalized spacial score (nSPS) is 13.3. The molecule has 0 spiro atoms. The maximum Gasteiger partial charge on any atom is 0.240 e.